The number of aromatic nitrogens is 3. The molecular formula is C23H26N4O3. The Bertz CT molecular complexity index is 973. The van der Waals surface area contributed by atoms with Crippen LogP contribution in [0.1, 0.15) is 29.4 Å². The fraction of sp³-hybridized carbons (Fsp3) is 0.348. The molecule has 0 unspecified atom stereocenters. The second kappa shape index (κ2) is 9.43. The molecule has 4 rings (SSSR count). The molecule has 1 N–H and O–H groups in total. The molecule has 0 bridgehead atoms. The van der Waals surface area contributed by atoms with E-state index in [1.807, 2.05) is 47.4 Å². The number of hydrogen-bond acceptors (Lipinski definition) is 5. The first-order chi connectivity index (χ1) is 14.7. The number of nitrogens with one attached hydrogen (secondary N) is 1. The molecule has 0 aliphatic carbocycles. The number of aromatic amines is 1. The van der Waals surface area contributed by atoms with Crippen molar-refractivity contribution >= 4 is 5.91 Å². The van der Waals surface area contributed by atoms with E-state index in [1.165, 1.54) is 0 Å². The van der Waals surface area contributed by atoms with Gasteiger partial charge in [0.25, 0.3) is 0 Å². The van der Waals surface area contributed by atoms with E-state index in [-0.39, 0.29) is 11.8 Å². The monoisotopic (exact) mass is 406 g/mol. The zero-order chi connectivity index (χ0) is 20.8. The Morgan fingerprint density at radius 1 is 1.20 bits per heavy atom. The van der Waals surface area contributed by atoms with Crippen LogP contribution in [0.4, 0.5) is 0 Å². The summed E-state index contributed by atoms with van der Waals surface area (Å²) in [6, 6.07) is 15.4. The second-order valence-corrected chi connectivity index (χ2v) is 7.39. The number of carbonyl (C=O) groups excluding carboxylic acids is 1. The minimum atomic E-state index is 0.122. The Balaban J connectivity index is 1.27. The van der Waals surface area contributed by atoms with Gasteiger partial charge in [-0.05, 0) is 36.8 Å². The third-order valence-corrected chi connectivity index (χ3v) is 5.37. The number of ether oxygens (including phenoxy) is 2. The van der Waals surface area contributed by atoms with Crippen molar-refractivity contribution in [2.45, 2.75) is 25.2 Å². The number of hydrogen-bond donors (Lipinski definition) is 1. The average molecular weight is 406 g/mol. The first kappa shape index (κ1) is 19.9. The van der Waals surface area contributed by atoms with Crippen molar-refractivity contribution in [2.24, 2.45) is 0 Å². The number of methoxy groups -OCH3 is 1. The normalized spacial score (nSPS) is 15.9. The van der Waals surface area contributed by atoms with E-state index in [9.17, 15) is 4.79 Å². The Labute approximate surface area is 176 Å². The molecule has 156 valence electrons. The van der Waals surface area contributed by atoms with Crippen LogP contribution in [-0.4, -0.2) is 52.8 Å². The van der Waals surface area contributed by atoms with Gasteiger partial charge in [-0.15, -0.1) is 0 Å². The fourth-order valence-corrected chi connectivity index (χ4v) is 3.72. The minimum absolute atomic E-state index is 0.122. The summed E-state index contributed by atoms with van der Waals surface area (Å²) in [6.07, 6.45) is 3.72. The first-order valence-electron chi connectivity index (χ1n) is 10.2. The summed E-state index contributed by atoms with van der Waals surface area (Å²) in [7, 11) is 1.63. The molecule has 0 radical (unpaired) electrons. The van der Waals surface area contributed by atoms with Crippen molar-refractivity contribution in [3.63, 3.8) is 0 Å². The predicted octanol–water partition coefficient (Wildman–Crippen LogP) is 2.99. The zero-order valence-corrected chi connectivity index (χ0v) is 17.1. The number of H-pyrrole nitrogens is 1. The van der Waals surface area contributed by atoms with Crippen molar-refractivity contribution < 1.29 is 14.3 Å². The molecule has 1 saturated heterocycles. The van der Waals surface area contributed by atoms with Crippen LogP contribution < -0.4 is 9.47 Å². The van der Waals surface area contributed by atoms with Crippen molar-refractivity contribution in [1.29, 1.82) is 0 Å². The highest BCUT2D eigenvalue weighted by atomic mass is 16.5. The smallest absolute Gasteiger partial charge is 0.228 e. The summed E-state index contributed by atoms with van der Waals surface area (Å²) in [5.74, 6) is 1.84. The van der Waals surface area contributed by atoms with Gasteiger partial charge < -0.3 is 14.4 Å². The van der Waals surface area contributed by atoms with Crippen molar-refractivity contribution in [2.75, 3.05) is 26.8 Å². The molecule has 1 aromatic carbocycles. The minimum Gasteiger partial charge on any atom is -0.493 e. The summed E-state index contributed by atoms with van der Waals surface area (Å²) < 4.78 is 11.1. The standard InChI is InChI=1S/C23H26N4O3/c1-29-21-7-2-3-8-22(21)30-13-10-19-14-20(26-25-19)17-9-12-27(16-17)23(28)15-18-6-4-5-11-24-18/h2-8,11,14,17H,9-10,12-13,15-16H2,1H3,(H,25,26)/t17-/m1/s1. The van der Waals surface area contributed by atoms with Crippen molar-refractivity contribution in [3.8, 4) is 11.5 Å². The number of benzene rings is 1. The highest BCUT2D eigenvalue weighted by molar-refractivity contribution is 5.78. The van der Waals surface area contributed by atoms with Crippen LogP contribution in [0.5, 0.6) is 11.5 Å². The van der Waals surface area contributed by atoms with Gasteiger partial charge in [0.05, 0.1) is 25.8 Å². The van der Waals surface area contributed by atoms with Crippen LogP contribution >= 0.6 is 0 Å². The molecule has 1 atom stereocenters. The Morgan fingerprint density at radius 2 is 2.03 bits per heavy atom. The number of rotatable bonds is 8. The number of para-hydroxylation sites is 2. The SMILES string of the molecule is COc1ccccc1OCCc1cc([C@@H]2CCN(C(=O)Cc3ccccn3)C2)n[nH]1. The molecule has 7 heteroatoms. The Morgan fingerprint density at radius 3 is 2.83 bits per heavy atom. The number of pyridine rings is 1. The maximum atomic E-state index is 12.6. The van der Waals surface area contributed by atoms with Gasteiger partial charge in [-0.3, -0.25) is 14.9 Å². The average Bonchev–Trinajstić information content (AvgIpc) is 3.45. The maximum Gasteiger partial charge on any atom is 0.228 e. The second-order valence-electron chi connectivity index (χ2n) is 7.39. The Kier molecular flexibility index (Phi) is 6.27. The molecule has 7 nitrogen and oxygen atoms in total. The summed E-state index contributed by atoms with van der Waals surface area (Å²) in [6.45, 7) is 1.99. The molecule has 1 fully saturated rings. The largest absolute Gasteiger partial charge is 0.493 e. The van der Waals surface area contributed by atoms with Gasteiger partial charge in [0.1, 0.15) is 0 Å². The number of amides is 1. The van der Waals surface area contributed by atoms with E-state index in [4.69, 9.17) is 9.47 Å². The van der Waals surface area contributed by atoms with Gasteiger partial charge in [-0.25, -0.2) is 0 Å². The third kappa shape index (κ3) is 4.79. The lowest BCUT2D eigenvalue weighted by Crippen LogP contribution is -2.30. The summed E-state index contributed by atoms with van der Waals surface area (Å²) >= 11 is 0. The lowest BCUT2D eigenvalue weighted by molar-refractivity contribution is -0.129. The van der Waals surface area contributed by atoms with Crippen LogP contribution in [0.25, 0.3) is 0 Å². The van der Waals surface area contributed by atoms with Gasteiger partial charge in [-0.1, -0.05) is 18.2 Å². The molecule has 30 heavy (non-hydrogen) atoms. The van der Waals surface area contributed by atoms with Crippen LogP contribution in [0.2, 0.25) is 0 Å². The molecule has 0 saturated carbocycles. The summed E-state index contributed by atoms with van der Waals surface area (Å²) in [5, 5.41) is 7.59. The highest BCUT2D eigenvalue weighted by Crippen LogP contribution is 2.28. The van der Waals surface area contributed by atoms with E-state index in [0.29, 0.717) is 19.6 Å². The quantitative estimate of drug-likeness (QED) is 0.622. The molecule has 1 aliphatic heterocycles. The van der Waals surface area contributed by atoms with Gasteiger partial charge >= 0.3 is 0 Å². The predicted molar refractivity (Wildman–Crippen MR) is 113 cm³/mol. The number of nitrogens with zero attached hydrogens (tertiary/aromatic N) is 3. The lowest BCUT2D eigenvalue weighted by atomic mass is 10.0. The van der Waals surface area contributed by atoms with Crippen molar-refractivity contribution in [3.05, 3.63) is 71.8 Å². The molecule has 1 aliphatic rings. The molecule has 2 aromatic heterocycles. The first-order valence-corrected chi connectivity index (χ1v) is 10.2. The maximum absolute atomic E-state index is 12.6. The van der Waals surface area contributed by atoms with E-state index < -0.39 is 0 Å². The van der Waals surface area contributed by atoms with E-state index in [1.54, 1.807) is 13.3 Å². The third-order valence-electron chi connectivity index (χ3n) is 5.37. The molecule has 1 amide bonds. The summed E-state index contributed by atoms with van der Waals surface area (Å²) in [5.41, 5.74) is 2.84. The van der Waals surface area contributed by atoms with E-state index in [0.717, 1.165) is 48.0 Å². The number of likely N-dealkylation sites (tertiary alicyclic amines) is 1. The molecular weight excluding hydrogens is 380 g/mol. The van der Waals surface area contributed by atoms with E-state index >= 15 is 0 Å². The van der Waals surface area contributed by atoms with Gasteiger partial charge in [0, 0.05) is 43.0 Å². The van der Waals surface area contributed by atoms with Crippen LogP contribution in [-0.2, 0) is 17.6 Å². The fourth-order valence-electron chi connectivity index (χ4n) is 3.72. The Hall–Kier alpha value is -3.35. The van der Waals surface area contributed by atoms with Gasteiger partial charge in [-0.2, -0.15) is 5.10 Å². The molecule has 3 aromatic rings. The topological polar surface area (TPSA) is 80.3 Å². The lowest BCUT2D eigenvalue weighted by Gasteiger charge is -2.15. The zero-order valence-electron chi connectivity index (χ0n) is 17.1. The van der Waals surface area contributed by atoms with Crippen molar-refractivity contribution in [1.82, 2.24) is 20.1 Å². The van der Waals surface area contributed by atoms with Gasteiger partial charge in [0.15, 0.2) is 11.5 Å². The van der Waals surface area contributed by atoms with Crippen LogP contribution in [0.3, 0.4) is 0 Å². The van der Waals surface area contributed by atoms with E-state index in [2.05, 4.69) is 21.2 Å². The molecule has 0 spiro atoms. The summed E-state index contributed by atoms with van der Waals surface area (Å²) in [4.78, 5) is 18.7. The number of carbonyl (C=O) groups is 1. The van der Waals surface area contributed by atoms with Crippen LogP contribution in [0.15, 0.2) is 54.7 Å². The highest BCUT2D eigenvalue weighted by Gasteiger charge is 2.29. The van der Waals surface area contributed by atoms with Crippen LogP contribution in [0, 0.1) is 0 Å². The van der Waals surface area contributed by atoms with Gasteiger partial charge in [0.2, 0.25) is 5.91 Å². The molecule has 3 heterocycles.